The molecule has 0 unspecified atom stereocenters. The Balaban J connectivity index is 1.63. The Bertz CT molecular complexity index is 1310. The summed E-state index contributed by atoms with van der Waals surface area (Å²) in [7, 11) is 0. The van der Waals surface area contributed by atoms with E-state index in [1.807, 2.05) is 35.0 Å². The van der Waals surface area contributed by atoms with Gasteiger partial charge in [-0.2, -0.15) is 5.10 Å². The van der Waals surface area contributed by atoms with E-state index in [4.69, 9.17) is 27.9 Å². The van der Waals surface area contributed by atoms with E-state index in [0.29, 0.717) is 21.6 Å². The molecule has 0 amide bonds. The van der Waals surface area contributed by atoms with Gasteiger partial charge in [0.15, 0.2) is 5.82 Å². The molecule has 38 heavy (non-hydrogen) atoms. The second kappa shape index (κ2) is 11.4. The van der Waals surface area contributed by atoms with Crippen molar-refractivity contribution in [1.29, 1.82) is 0 Å². The Labute approximate surface area is 232 Å². The minimum Gasteiger partial charge on any atom is -0.466 e. The highest BCUT2D eigenvalue weighted by molar-refractivity contribution is 6.31. The molecular weight excluding hydrogens is 523 g/mol. The average molecular weight is 556 g/mol. The maximum absolute atomic E-state index is 6.78. The molecule has 3 atom stereocenters. The zero-order chi connectivity index (χ0) is 26.7. The fourth-order valence-corrected chi connectivity index (χ4v) is 5.50. The number of likely N-dealkylation sites (tertiary alicyclic amines) is 1. The van der Waals surface area contributed by atoms with Gasteiger partial charge >= 0.3 is 0 Å². The van der Waals surface area contributed by atoms with E-state index in [1.54, 1.807) is 23.1 Å². The fraction of sp³-hybridized carbons (Fsp3) is 0.444. The van der Waals surface area contributed by atoms with Crippen molar-refractivity contribution in [3.63, 3.8) is 0 Å². The van der Waals surface area contributed by atoms with E-state index >= 15 is 0 Å². The van der Waals surface area contributed by atoms with Gasteiger partial charge in [0.05, 0.1) is 6.04 Å². The van der Waals surface area contributed by atoms with Crippen molar-refractivity contribution in [2.45, 2.75) is 58.3 Å². The molecule has 0 spiro atoms. The normalized spacial score (nSPS) is 17.2. The Morgan fingerprint density at radius 1 is 0.947 bits per heavy atom. The van der Waals surface area contributed by atoms with E-state index in [1.165, 1.54) is 12.7 Å². The summed E-state index contributed by atoms with van der Waals surface area (Å²) in [5, 5.41) is 19.1. The molecule has 2 aromatic carbocycles. The van der Waals surface area contributed by atoms with Gasteiger partial charge in [-0.05, 0) is 77.7 Å². The Hall–Kier alpha value is -3.01. The largest absolute Gasteiger partial charge is 0.466 e. The summed E-state index contributed by atoms with van der Waals surface area (Å²) in [6.07, 6.45) is 6.00. The van der Waals surface area contributed by atoms with E-state index in [9.17, 15) is 0 Å². The topological polar surface area (TPSA) is 86.8 Å². The first-order chi connectivity index (χ1) is 18.3. The second-order valence-electron chi connectivity index (χ2n) is 10.7. The van der Waals surface area contributed by atoms with Crippen molar-refractivity contribution in [1.82, 2.24) is 39.9 Å². The van der Waals surface area contributed by atoms with Crippen molar-refractivity contribution >= 4 is 23.2 Å². The molecule has 0 N–H and O–H groups in total. The zero-order valence-electron chi connectivity index (χ0n) is 21.8. The third kappa shape index (κ3) is 5.70. The summed E-state index contributed by atoms with van der Waals surface area (Å²) in [5.74, 6) is 1.36. The monoisotopic (exact) mass is 554 g/mol. The first-order valence-electron chi connectivity index (χ1n) is 12.9. The summed E-state index contributed by atoms with van der Waals surface area (Å²) < 4.78 is 10.2. The minimum atomic E-state index is -0.603. The highest BCUT2D eigenvalue weighted by atomic mass is 35.5. The highest BCUT2D eigenvalue weighted by Gasteiger charge is 2.42. The maximum Gasteiger partial charge on any atom is 0.215 e. The third-order valence-electron chi connectivity index (χ3n) is 6.91. The van der Waals surface area contributed by atoms with Crippen molar-refractivity contribution in [3.05, 3.63) is 82.6 Å². The third-order valence-corrected chi connectivity index (χ3v) is 7.50. The van der Waals surface area contributed by atoms with Gasteiger partial charge in [0.1, 0.15) is 24.4 Å². The van der Waals surface area contributed by atoms with Gasteiger partial charge in [-0.3, -0.25) is 4.90 Å². The number of ether oxygens (including phenoxy) is 1. The summed E-state index contributed by atoms with van der Waals surface area (Å²) in [5.41, 5.74) is 0.635. The maximum atomic E-state index is 6.78. The first-order valence-corrected chi connectivity index (χ1v) is 13.6. The van der Waals surface area contributed by atoms with Crippen LogP contribution in [0, 0.1) is 5.41 Å². The van der Waals surface area contributed by atoms with Crippen LogP contribution in [0.15, 0.2) is 61.2 Å². The van der Waals surface area contributed by atoms with Crippen LogP contribution in [0.3, 0.4) is 0 Å². The number of halogens is 2. The number of aromatic nitrogens is 7. The van der Waals surface area contributed by atoms with Crippen LogP contribution in [0.5, 0.6) is 5.75 Å². The molecule has 9 nitrogen and oxygen atoms in total. The second-order valence-corrected chi connectivity index (χ2v) is 11.5. The molecule has 0 saturated carbocycles. The van der Waals surface area contributed by atoms with Crippen molar-refractivity contribution in [2.75, 3.05) is 13.1 Å². The van der Waals surface area contributed by atoms with Crippen LogP contribution in [0.2, 0.25) is 10.0 Å². The van der Waals surface area contributed by atoms with E-state index < -0.39 is 6.23 Å². The summed E-state index contributed by atoms with van der Waals surface area (Å²) >= 11 is 12.9. The fourth-order valence-electron chi connectivity index (χ4n) is 5.13. The van der Waals surface area contributed by atoms with Crippen LogP contribution in [-0.4, -0.2) is 53.0 Å². The van der Waals surface area contributed by atoms with Gasteiger partial charge in [0.25, 0.3) is 0 Å². The molecule has 1 saturated heterocycles. The van der Waals surface area contributed by atoms with Crippen LogP contribution in [0.4, 0.5) is 0 Å². The van der Waals surface area contributed by atoms with E-state index in [0.717, 1.165) is 31.5 Å². The Morgan fingerprint density at radius 3 is 2.34 bits per heavy atom. The number of hydrogen-bond donors (Lipinski definition) is 0. The standard InChI is InChI=1S/C27H32Cl2N8O/c1-27(2,3)24(26(36-18-30-17-31-36)38-20-13-11-19(28)12-14-20)37-25(32-33-34-37)23(35-15-7-4-8-16-35)21-9-5-6-10-22(21)29/h5-6,9-14,17-18,23-24,26H,4,7-8,15-16H2,1-3H3/t23-,24-,26-/m1/s1. The number of hydrogen-bond acceptors (Lipinski definition) is 7. The van der Waals surface area contributed by atoms with Crippen molar-refractivity contribution < 1.29 is 4.74 Å². The molecule has 3 heterocycles. The average Bonchev–Trinajstić information content (AvgIpc) is 3.59. The lowest BCUT2D eigenvalue weighted by molar-refractivity contribution is -0.00232. The molecule has 4 aromatic rings. The van der Waals surface area contributed by atoms with Gasteiger partial charge in [0, 0.05) is 10.0 Å². The molecule has 5 rings (SSSR count). The molecule has 0 aliphatic carbocycles. The quantitative estimate of drug-likeness (QED) is 0.263. The van der Waals surface area contributed by atoms with Gasteiger partial charge in [-0.1, -0.05) is 68.6 Å². The molecule has 2 aromatic heterocycles. The zero-order valence-corrected chi connectivity index (χ0v) is 23.3. The number of tetrazole rings is 1. The van der Waals surface area contributed by atoms with Gasteiger partial charge < -0.3 is 4.74 Å². The Morgan fingerprint density at radius 2 is 1.68 bits per heavy atom. The van der Waals surface area contributed by atoms with Crippen LogP contribution in [0.25, 0.3) is 0 Å². The summed E-state index contributed by atoms with van der Waals surface area (Å²) in [6.45, 7) is 8.31. The highest BCUT2D eigenvalue weighted by Crippen LogP contribution is 2.43. The van der Waals surface area contributed by atoms with Gasteiger partial charge in [0.2, 0.25) is 6.23 Å². The predicted octanol–water partition coefficient (Wildman–Crippen LogP) is 6.01. The molecule has 11 heteroatoms. The molecule has 1 aliphatic rings. The molecule has 200 valence electrons. The smallest absolute Gasteiger partial charge is 0.215 e. The lowest BCUT2D eigenvalue weighted by atomic mass is 9.85. The van der Waals surface area contributed by atoms with Crippen molar-refractivity contribution in [3.8, 4) is 5.75 Å². The van der Waals surface area contributed by atoms with Crippen LogP contribution in [0.1, 0.15) is 69.7 Å². The predicted molar refractivity (Wildman–Crippen MR) is 146 cm³/mol. The number of piperidine rings is 1. The summed E-state index contributed by atoms with van der Waals surface area (Å²) in [4.78, 5) is 6.63. The number of rotatable bonds is 8. The number of benzene rings is 2. The molecule has 1 fully saturated rings. The first kappa shape index (κ1) is 26.6. The SMILES string of the molecule is CC(C)(C)[C@@H]([C@@H](Oc1ccc(Cl)cc1)n1cncn1)n1nnnc1[C@@H](c1ccccc1Cl)N1CCCCC1. The molecule has 0 radical (unpaired) electrons. The van der Waals surface area contributed by atoms with E-state index in [-0.39, 0.29) is 17.5 Å². The molecular formula is C27H32Cl2N8O. The van der Waals surface area contributed by atoms with Gasteiger partial charge in [-0.15, -0.1) is 5.10 Å². The van der Waals surface area contributed by atoms with Crippen LogP contribution >= 0.6 is 23.2 Å². The van der Waals surface area contributed by atoms with Crippen molar-refractivity contribution in [2.24, 2.45) is 5.41 Å². The lowest BCUT2D eigenvalue weighted by Crippen LogP contribution is -2.41. The Kier molecular flexibility index (Phi) is 7.97. The molecule has 1 aliphatic heterocycles. The van der Waals surface area contributed by atoms with Gasteiger partial charge in [-0.25, -0.2) is 14.3 Å². The summed E-state index contributed by atoms with van der Waals surface area (Å²) in [6, 6.07) is 14.6. The lowest BCUT2D eigenvalue weighted by Gasteiger charge is -2.39. The van der Waals surface area contributed by atoms with E-state index in [2.05, 4.69) is 57.3 Å². The number of nitrogens with zero attached hydrogens (tertiary/aromatic N) is 8. The molecule has 0 bridgehead atoms. The van der Waals surface area contributed by atoms with Crippen LogP contribution < -0.4 is 4.74 Å². The van der Waals surface area contributed by atoms with Crippen LogP contribution in [-0.2, 0) is 0 Å². The minimum absolute atomic E-state index is 0.212.